The zero-order valence-electron chi connectivity index (χ0n) is 12.3. The lowest BCUT2D eigenvalue weighted by Crippen LogP contribution is -2.42. The molecule has 1 saturated carbocycles. The van der Waals surface area contributed by atoms with Gasteiger partial charge in [0.2, 0.25) is 8.03 Å². The molecule has 0 heterocycles. The Morgan fingerprint density at radius 3 is 2.29 bits per heavy atom. The van der Waals surface area contributed by atoms with Gasteiger partial charge in [-0.15, -0.1) is 0 Å². The van der Waals surface area contributed by atoms with Gasteiger partial charge in [-0.05, 0) is 17.4 Å². The number of hydrogen-bond donors (Lipinski definition) is 2. The van der Waals surface area contributed by atoms with Gasteiger partial charge < -0.3 is 10.00 Å². The number of carboxylic acids is 1. The molecule has 0 aromatic heterocycles. The molecule has 0 bridgehead atoms. The van der Waals surface area contributed by atoms with E-state index in [9.17, 15) is 19.4 Å². The quantitative estimate of drug-likeness (QED) is 0.814. The van der Waals surface area contributed by atoms with Crippen LogP contribution in [-0.4, -0.2) is 16.0 Å². The average molecular weight is 310 g/mol. The molecule has 4 nitrogen and oxygen atoms in total. The van der Waals surface area contributed by atoms with Gasteiger partial charge in [0.25, 0.3) is 0 Å². The van der Waals surface area contributed by atoms with E-state index in [1.807, 2.05) is 6.92 Å². The Morgan fingerprint density at radius 2 is 1.81 bits per heavy atom. The van der Waals surface area contributed by atoms with Crippen molar-refractivity contribution in [1.29, 1.82) is 0 Å². The molecular weight excluding hydrogens is 287 g/mol. The van der Waals surface area contributed by atoms with Crippen LogP contribution in [0, 0.1) is 11.8 Å². The predicted octanol–water partition coefficient (Wildman–Crippen LogP) is 3.65. The number of carbonyl (C=O) groups is 1. The van der Waals surface area contributed by atoms with Gasteiger partial charge in [-0.25, -0.2) is 0 Å². The van der Waals surface area contributed by atoms with Crippen molar-refractivity contribution in [2.75, 3.05) is 0 Å². The van der Waals surface area contributed by atoms with E-state index in [4.69, 9.17) is 0 Å². The van der Waals surface area contributed by atoms with Gasteiger partial charge in [-0.1, -0.05) is 69.4 Å². The minimum Gasteiger partial charge on any atom is -0.480 e. The summed E-state index contributed by atoms with van der Waals surface area (Å²) < 4.78 is 12.2. The smallest absolute Gasteiger partial charge is 0.324 e. The molecule has 116 valence electrons. The van der Waals surface area contributed by atoms with Gasteiger partial charge in [-0.2, -0.15) is 0 Å². The largest absolute Gasteiger partial charge is 0.480 e. The maximum absolute atomic E-state index is 12.2. The van der Waals surface area contributed by atoms with E-state index in [1.165, 1.54) is 6.42 Å². The van der Waals surface area contributed by atoms with Gasteiger partial charge >= 0.3 is 5.97 Å². The van der Waals surface area contributed by atoms with E-state index in [1.54, 1.807) is 30.3 Å². The summed E-state index contributed by atoms with van der Waals surface area (Å²) in [4.78, 5) is 22.0. The maximum Gasteiger partial charge on any atom is 0.324 e. The van der Waals surface area contributed by atoms with E-state index >= 15 is 0 Å². The summed E-state index contributed by atoms with van der Waals surface area (Å²) in [7, 11) is -3.28. The van der Waals surface area contributed by atoms with E-state index in [0.717, 1.165) is 25.7 Å². The molecule has 3 unspecified atom stereocenters. The van der Waals surface area contributed by atoms with Crippen LogP contribution in [0.4, 0.5) is 0 Å². The third-order valence-corrected chi connectivity index (χ3v) is 6.58. The Bertz CT molecular complexity index is 494. The van der Waals surface area contributed by atoms with Gasteiger partial charge in [0.05, 0.1) is 0 Å². The fourth-order valence-electron chi connectivity index (χ4n) is 3.68. The standard InChI is InChI=1S/C16H23O4P/c1-12(13-8-4-2-5-9-13)16(15(17)18,21(19)20)14-10-6-3-7-11-14/h3,6-7,10-13,21H,2,4-5,8-9H2,1H3,(H,17,18)(H,19,20). The molecule has 0 radical (unpaired) electrons. The predicted molar refractivity (Wildman–Crippen MR) is 82.7 cm³/mol. The molecule has 1 aromatic rings. The van der Waals surface area contributed by atoms with E-state index < -0.39 is 19.2 Å². The van der Waals surface area contributed by atoms with Crippen LogP contribution >= 0.6 is 8.03 Å². The molecule has 1 aromatic carbocycles. The molecular formula is C16H23O4P. The fraction of sp³-hybridized carbons (Fsp3) is 0.562. The maximum atomic E-state index is 12.2. The Kier molecular flexibility index (Phi) is 5.23. The summed E-state index contributed by atoms with van der Waals surface area (Å²) >= 11 is 0. The van der Waals surface area contributed by atoms with Crippen LogP contribution in [-0.2, 0) is 14.5 Å². The molecule has 1 aliphatic carbocycles. The number of aliphatic carboxylic acids is 1. The highest BCUT2D eigenvalue weighted by molar-refractivity contribution is 7.41. The molecule has 1 fully saturated rings. The van der Waals surface area contributed by atoms with Gasteiger partial charge in [0.1, 0.15) is 0 Å². The normalized spacial score (nSPS) is 22.2. The van der Waals surface area contributed by atoms with Crippen LogP contribution in [0.15, 0.2) is 30.3 Å². The summed E-state index contributed by atoms with van der Waals surface area (Å²) in [6.07, 6.45) is 5.21. The number of carboxylic acid groups (broad SMARTS) is 1. The molecule has 0 amide bonds. The van der Waals surface area contributed by atoms with Crippen molar-refractivity contribution in [1.82, 2.24) is 0 Å². The molecule has 3 atom stereocenters. The van der Waals surface area contributed by atoms with Gasteiger partial charge in [0, 0.05) is 0 Å². The Balaban J connectivity index is 2.49. The molecule has 0 aliphatic heterocycles. The third-order valence-electron chi connectivity index (χ3n) is 4.94. The lowest BCUT2D eigenvalue weighted by molar-refractivity contribution is -0.143. The first-order valence-electron chi connectivity index (χ1n) is 7.53. The molecule has 1 aliphatic rings. The fourth-order valence-corrected chi connectivity index (χ4v) is 4.90. The topological polar surface area (TPSA) is 74.6 Å². The molecule has 0 saturated heterocycles. The lowest BCUT2D eigenvalue weighted by Gasteiger charge is -2.39. The highest BCUT2D eigenvalue weighted by atomic mass is 31.1. The zero-order valence-corrected chi connectivity index (χ0v) is 13.3. The van der Waals surface area contributed by atoms with Gasteiger partial charge in [-0.3, -0.25) is 9.36 Å². The second-order valence-corrected chi connectivity index (χ2v) is 7.37. The van der Waals surface area contributed by atoms with Crippen molar-refractivity contribution < 1.29 is 19.4 Å². The van der Waals surface area contributed by atoms with Crippen molar-refractivity contribution in [3.63, 3.8) is 0 Å². The molecule has 21 heavy (non-hydrogen) atoms. The molecule has 2 rings (SSSR count). The number of hydrogen-bond acceptors (Lipinski definition) is 2. The minimum atomic E-state index is -3.28. The van der Waals surface area contributed by atoms with Crippen LogP contribution < -0.4 is 0 Å². The SMILES string of the molecule is CC(C1CCCCC1)C(C(=O)O)(c1ccccc1)[PH](=O)O. The average Bonchev–Trinajstić information content (AvgIpc) is 2.49. The van der Waals surface area contributed by atoms with E-state index in [-0.39, 0.29) is 11.8 Å². The second-order valence-electron chi connectivity index (χ2n) is 5.97. The second kappa shape index (κ2) is 6.76. The van der Waals surface area contributed by atoms with E-state index in [0.29, 0.717) is 5.56 Å². The van der Waals surface area contributed by atoms with Crippen LogP contribution in [0.3, 0.4) is 0 Å². The van der Waals surface area contributed by atoms with Crippen molar-refractivity contribution in [3.05, 3.63) is 35.9 Å². The lowest BCUT2D eigenvalue weighted by atomic mass is 9.72. The minimum absolute atomic E-state index is 0.191. The van der Waals surface area contributed by atoms with Gasteiger partial charge in [0.15, 0.2) is 5.16 Å². The van der Waals surface area contributed by atoms with Crippen LogP contribution in [0.5, 0.6) is 0 Å². The monoisotopic (exact) mass is 310 g/mol. The van der Waals surface area contributed by atoms with E-state index in [2.05, 4.69) is 0 Å². The number of benzene rings is 1. The summed E-state index contributed by atoms with van der Waals surface area (Å²) in [6, 6.07) is 8.56. The molecule has 0 spiro atoms. The van der Waals surface area contributed by atoms with Crippen molar-refractivity contribution in [2.45, 2.75) is 44.2 Å². The first-order chi connectivity index (χ1) is 10.0. The molecule has 5 heteroatoms. The Labute approximate surface area is 126 Å². The summed E-state index contributed by atoms with van der Waals surface area (Å²) in [5, 5.41) is 8.14. The first kappa shape index (κ1) is 16.3. The van der Waals surface area contributed by atoms with Crippen LogP contribution in [0.25, 0.3) is 0 Å². The highest BCUT2D eigenvalue weighted by Crippen LogP contribution is 2.54. The van der Waals surface area contributed by atoms with Crippen molar-refractivity contribution >= 4 is 14.0 Å². The summed E-state index contributed by atoms with van der Waals surface area (Å²) in [6.45, 7) is 1.83. The third kappa shape index (κ3) is 2.93. The molecule has 2 N–H and O–H groups in total. The number of rotatable bonds is 5. The highest BCUT2D eigenvalue weighted by Gasteiger charge is 2.52. The Morgan fingerprint density at radius 1 is 1.24 bits per heavy atom. The van der Waals surface area contributed by atoms with Crippen LogP contribution in [0.2, 0.25) is 0 Å². The van der Waals surface area contributed by atoms with Crippen molar-refractivity contribution in [2.24, 2.45) is 11.8 Å². The van der Waals surface area contributed by atoms with Crippen LogP contribution in [0.1, 0.15) is 44.6 Å². The zero-order chi connectivity index (χ0) is 15.5. The summed E-state index contributed by atoms with van der Waals surface area (Å²) in [5.74, 6) is -1.34. The van der Waals surface area contributed by atoms with Crippen molar-refractivity contribution in [3.8, 4) is 0 Å². The summed E-state index contributed by atoms with van der Waals surface area (Å²) in [5.41, 5.74) is 0.446. The first-order valence-corrected chi connectivity index (χ1v) is 8.89. The Hall–Kier alpha value is -1.12.